The first-order chi connectivity index (χ1) is 13.4. The van der Waals surface area contributed by atoms with E-state index >= 15 is 0 Å². The van der Waals surface area contributed by atoms with E-state index in [1.54, 1.807) is 4.31 Å². The average molecular weight is 407 g/mol. The molecule has 3 atom stereocenters. The van der Waals surface area contributed by atoms with Crippen molar-refractivity contribution in [1.29, 1.82) is 5.26 Å². The normalized spacial score (nSPS) is 24.3. The Morgan fingerprint density at radius 1 is 1.18 bits per heavy atom. The molecule has 1 fully saturated rings. The molecule has 0 bridgehead atoms. The van der Waals surface area contributed by atoms with Crippen LogP contribution in [0.3, 0.4) is 0 Å². The van der Waals surface area contributed by atoms with Crippen molar-refractivity contribution in [2.24, 2.45) is 11.8 Å². The first-order valence-electron chi connectivity index (χ1n) is 10.2. The summed E-state index contributed by atoms with van der Waals surface area (Å²) < 4.78 is 39.1. The third kappa shape index (κ3) is 4.79. The summed E-state index contributed by atoms with van der Waals surface area (Å²) in [5.41, 5.74) is 0.912. The van der Waals surface area contributed by atoms with Crippen LogP contribution in [0.15, 0.2) is 18.2 Å². The first kappa shape index (κ1) is 20.9. The molecule has 2 aliphatic rings. The molecular formula is C21H30N2O4S. The van der Waals surface area contributed by atoms with Gasteiger partial charge in [-0.1, -0.05) is 32.8 Å². The van der Waals surface area contributed by atoms with Crippen LogP contribution in [0.2, 0.25) is 0 Å². The molecule has 0 aromatic heterocycles. The van der Waals surface area contributed by atoms with Crippen LogP contribution in [0.5, 0.6) is 11.5 Å². The predicted octanol–water partition coefficient (Wildman–Crippen LogP) is 4.07. The van der Waals surface area contributed by atoms with Crippen molar-refractivity contribution in [2.75, 3.05) is 12.5 Å². The van der Waals surface area contributed by atoms with Gasteiger partial charge in [0, 0.05) is 19.0 Å². The highest BCUT2D eigenvalue weighted by molar-refractivity contribution is 7.89. The number of nitriles is 1. The molecule has 1 aromatic rings. The van der Waals surface area contributed by atoms with Crippen molar-refractivity contribution in [3.8, 4) is 17.6 Å². The topological polar surface area (TPSA) is 79.6 Å². The third-order valence-corrected chi connectivity index (χ3v) is 8.03. The standard InChI is InChI=1S/C21H30N2O4S/c1-16-7-6-8-19(17(16)2)23(28(24,25)12-5-3-4-11-22)14-18-9-10-20-21(13-18)27-15-26-20/h9-10,13,16-17,19H,3-8,12,14-15H2,1-2H3. The smallest absolute Gasteiger partial charge is 0.231 e. The van der Waals surface area contributed by atoms with Gasteiger partial charge in [0.2, 0.25) is 16.8 Å². The summed E-state index contributed by atoms with van der Waals surface area (Å²) in [6.45, 7) is 4.94. The summed E-state index contributed by atoms with van der Waals surface area (Å²) in [7, 11) is -3.42. The maximum Gasteiger partial charge on any atom is 0.231 e. The highest BCUT2D eigenvalue weighted by Gasteiger charge is 2.37. The second kappa shape index (κ2) is 9.15. The fourth-order valence-corrected chi connectivity index (χ4v) is 6.07. The molecule has 0 saturated heterocycles. The molecule has 1 aromatic carbocycles. The van der Waals surface area contributed by atoms with E-state index in [4.69, 9.17) is 14.7 Å². The Morgan fingerprint density at radius 2 is 1.96 bits per heavy atom. The molecule has 0 amide bonds. The van der Waals surface area contributed by atoms with Crippen molar-refractivity contribution in [3.05, 3.63) is 23.8 Å². The van der Waals surface area contributed by atoms with Crippen LogP contribution < -0.4 is 9.47 Å². The average Bonchev–Trinajstić information content (AvgIpc) is 3.13. The third-order valence-electron chi connectivity index (χ3n) is 6.11. The van der Waals surface area contributed by atoms with Crippen LogP contribution in [0, 0.1) is 23.2 Å². The largest absolute Gasteiger partial charge is 0.454 e. The molecule has 0 N–H and O–H groups in total. The zero-order valence-electron chi connectivity index (χ0n) is 16.8. The summed E-state index contributed by atoms with van der Waals surface area (Å²) >= 11 is 0. The summed E-state index contributed by atoms with van der Waals surface area (Å²) in [6, 6.07) is 7.75. The molecule has 7 heteroatoms. The quantitative estimate of drug-likeness (QED) is 0.608. The van der Waals surface area contributed by atoms with E-state index in [0.717, 1.165) is 24.8 Å². The van der Waals surface area contributed by atoms with E-state index in [1.165, 1.54) is 0 Å². The Bertz CT molecular complexity index is 818. The Balaban J connectivity index is 1.82. The Labute approximate surface area is 168 Å². The molecule has 1 aliphatic heterocycles. The van der Waals surface area contributed by atoms with Crippen LogP contribution in [-0.2, 0) is 16.6 Å². The molecule has 1 saturated carbocycles. The molecule has 0 radical (unpaired) electrons. The van der Waals surface area contributed by atoms with Gasteiger partial charge in [-0.05, 0) is 48.8 Å². The molecule has 28 heavy (non-hydrogen) atoms. The lowest BCUT2D eigenvalue weighted by molar-refractivity contribution is 0.138. The van der Waals surface area contributed by atoms with E-state index in [2.05, 4.69) is 19.9 Å². The van der Waals surface area contributed by atoms with Gasteiger partial charge in [-0.2, -0.15) is 9.57 Å². The van der Waals surface area contributed by atoms with E-state index in [1.807, 2.05) is 18.2 Å². The Hall–Kier alpha value is -1.78. The number of unbranched alkanes of at least 4 members (excludes halogenated alkanes) is 2. The van der Waals surface area contributed by atoms with E-state index in [0.29, 0.717) is 49.1 Å². The first-order valence-corrected chi connectivity index (χ1v) is 11.8. The monoisotopic (exact) mass is 406 g/mol. The van der Waals surface area contributed by atoms with Crippen molar-refractivity contribution in [2.45, 2.75) is 65.0 Å². The minimum absolute atomic E-state index is 0.00939. The van der Waals surface area contributed by atoms with Crippen molar-refractivity contribution < 1.29 is 17.9 Å². The fraction of sp³-hybridized carbons (Fsp3) is 0.667. The number of hydrogen-bond donors (Lipinski definition) is 0. The molecule has 154 valence electrons. The van der Waals surface area contributed by atoms with E-state index in [-0.39, 0.29) is 18.6 Å². The zero-order chi connectivity index (χ0) is 20.1. The van der Waals surface area contributed by atoms with Gasteiger partial charge in [0.15, 0.2) is 11.5 Å². The molecule has 3 rings (SSSR count). The van der Waals surface area contributed by atoms with Gasteiger partial charge in [0.1, 0.15) is 0 Å². The van der Waals surface area contributed by atoms with Gasteiger partial charge < -0.3 is 9.47 Å². The molecule has 6 nitrogen and oxygen atoms in total. The summed E-state index contributed by atoms with van der Waals surface area (Å²) in [6.07, 6.45) is 4.63. The van der Waals surface area contributed by atoms with Crippen LogP contribution in [0.4, 0.5) is 0 Å². The van der Waals surface area contributed by atoms with Gasteiger partial charge in [0.05, 0.1) is 11.8 Å². The SMILES string of the molecule is CC1CCCC(N(Cc2ccc3c(c2)OCO3)S(=O)(=O)CCCCC#N)C1C. The van der Waals surface area contributed by atoms with Gasteiger partial charge in [-0.15, -0.1) is 0 Å². The lowest BCUT2D eigenvalue weighted by Crippen LogP contribution is -2.47. The van der Waals surface area contributed by atoms with Crippen LogP contribution in [-0.4, -0.2) is 31.3 Å². The van der Waals surface area contributed by atoms with Gasteiger partial charge in [-0.25, -0.2) is 8.42 Å². The number of nitrogens with zero attached hydrogens (tertiary/aromatic N) is 2. The highest BCUT2D eigenvalue weighted by Crippen LogP contribution is 2.37. The molecule has 0 spiro atoms. The van der Waals surface area contributed by atoms with Gasteiger partial charge >= 0.3 is 0 Å². The fourth-order valence-electron chi connectivity index (χ4n) is 4.21. The van der Waals surface area contributed by atoms with E-state index in [9.17, 15) is 8.42 Å². The number of rotatable bonds is 8. The minimum Gasteiger partial charge on any atom is -0.454 e. The highest BCUT2D eigenvalue weighted by atomic mass is 32.2. The van der Waals surface area contributed by atoms with Crippen molar-refractivity contribution in [3.63, 3.8) is 0 Å². The van der Waals surface area contributed by atoms with Gasteiger partial charge in [0.25, 0.3) is 0 Å². The lowest BCUT2D eigenvalue weighted by Gasteiger charge is -2.41. The van der Waals surface area contributed by atoms with Crippen molar-refractivity contribution >= 4 is 10.0 Å². The molecule has 3 unspecified atom stereocenters. The maximum atomic E-state index is 13.3. The Kier molecular flexibility index (Phi) is 6.84. The maximum absolute atomic E-state index is 13.3. The van der Waals surface area contributed by atoms with Crippen LogP contribution in [0.25, 0.3) is 0 Å². The molecular weight excluding hydrogens is 376 g/mol. The summed E-state index contributed by atoms with van der Waals surface area (Å²) in [5, 5.41) is 8.71. The van der Waals surface area contributed by atoms with Crippen LogP contribution >= 0.6 is 0 Å². The summed E-state index contributed by atoms with van der Waals surface area (Å²) in [5.74, 6) is 2.29. The number of ether oxygens (including phenoxy) is 2. The van der Waals surface area contributed by atoms with Crippen molar-refractivity contribution in [1.82, 2.24) is 4.31 Å². The summed E-state index contributed by atoms with van der Waals surface area (Å²) in [4.78, 5) is 0. The lowest BCUT2D eigenvalue weighted by atomic mass is 9.78. The van der Waals surface area contributed by atoms with Gasteiger partial charge in [-0.3, -0.25) is 0 Å². The second-order valence-corrected chi connectivity index (χ2v) is 10.0. The number of benzene rings is 1. The molecule has 1 aliphatic carbocycles. The second-order valence-electron chi connectivity index (χ2n) is 8.00. The minimum atomic E-state index is -3.42. The number of hydrogen-bond acceptors (Lipinski definition) is 5. The number of fused-ring (bicyclic) bond motifs is 1. The molecule has 1 heterocycles. The van der Waals surface area contributed by atoms with Crippen LogP contribution in [0.1, 0.15) is 57.9 Å². The van der Waals surface area contributed by atoms with E-state index < -0.39 is 10.0 Å². The Morgan fingerprint density at radius 3 is 2.75 bits per heavy atom. The zero-order valence-corrected chi connectivity index (χ0v) is 17.6. The number of sulfonamides is 1. The predicted molar refractivity (Wildman–Crippen MR) is 107 cm³/mol.